The maximum Gasteiger partial charge on any atom is 0.230 e. The molecule has 0 N–H and O–H groups in total. The van der Waals surface area contributed by atoms with Crippen LogP contribution in [0.5, 0.6) is 0 Å². The number of likely N-dealkylation sites (N-methyl/N-ethyl adjacent to an activating group) is 1. The highest BCUT2D eigenvalue weighted by molar-refractivity contribution is 5.85. The van der Waals surface area contributed by atoms with Gasteiger partial charge in [0.15, 0.2) is 0 Å². The van der Waals surface area contributed by atoms with E-state index in [1.807, 2.05) is 36.2 Å². The quantitative estimate of drug-likeness (QED) is 0.817. The van der Waals surface area contributed by atoms with E-state index in [4.69, 9.17) is 0 Å². The number of amides is 1. The largest absolute Gasteiger partial charge is 0.345 e. The highest BCUT2D eigenvalue weighted by Gasteiger charge is 2.28. The smallest absolute Gasteiger partial charge is 0.230 e. The molecule has 1 atom stereocenters. The fraction of sp³-hybridized carbons (Fsp3) is 0.278. The zero-order valence-electron chi connectivity index (χ0n) is 11.8. The van der Waals surface area contributed by atoms with Gasteiger partial charge in [0.05, 0.1) is 5.92 Å². The third kappa shape index (κ3) is 2.46. The van der Waals surface area contributed by atoms with E-state index in [1.54, 1.807) is 0 Å². The molecule has 2 aromatic rings. The minimum Gasteiger partial charge on any atom is -0.345 e. The minimum absolute atomic E-state index is 0.0545. The summed E-state index contributed by atoms with van der Waals surface area (Å²) >= 11 is 0. The van der Waals surface area contributed by atoms with Gasteiger partial charge in [-0.15, -0.1) is 0 Å². The lowest BCUT2D eigenvalue weighted by Crippen LogP contribution is -2.31. The molecular weight excluding hydrogens is 246 g/mol. The Balaban J connectivity index is 1.99. The molecule has 102 valence electrons. The Morgan fingerprint density at radius 1 is 1.05 bits per heavy atom. The predicted octanol–water partition coefficient (Wildman–Crippen LogP) is 3.03. The first-order valence-corrected chi connectivity index (χ1v) is 7.12. The van der Waals surface area contributed by atoms with Gasteiger partial charge < -0.3 is 4.90 Å². The molecule has 0 unspecified atom stereocenters. The summed E-state index contributed by atoms with van der Waals surface area (Å²) in [5.74, 6) is 0.180. The lowest BCUT2D eigenvalue weighted by molar-refractivity contribution is -0.131. The van der Waals surface area contributed by atoms with Crippen molar-refractivity contribution in [3.05, 3.63) is 71.3 Å². The molecule has 2 aromatic carbocycles. The molecule has 0 aliphatic carbocycles. The van der Waals surface area contributed by atoms with Crippen molar-refractivity contribution in [3.63, 3.8) is 0 Å². The van der Waals surface area contributed by atoms with Crippen LogP contribution in [-0.4, -0.2) is 24.4 Å². The topological polar surface area (TPSA) is 20.3 Å². The van der Waals surface area contributed by atoms with Crippen LogP contribution in [0.15, 0.2) is 54.6 Å². The molecule has 0 radical (unpaired) electrons. The Bertz CT molecular complexity index is 606. The molecule has 1 amide bonds. The molecule has 1 aliphatic rings. The molecule has 20 heavy (non-hydrogen) atoms. The summed E-state index contributed by atoms with van der Waals surface area (Å²) < 4.78 is 0. The van der Waals surface area contributed by atoms with Gasteiger partial charge in [0.2, 0.25) is 5.91 Å². The lowest BCUT2D eigenvalue weighted by Gasteiger charge is -2.21. The van der Waals surface area contributed by atoms with Crippen LogP contribution >= 0.6 is 0 Å². The van der Waals surface area contributed by atoms with Crippen LogP contribution in [0, 0.1) is 0 Å². The van der Waals surface area contributed by atoms with Crippen molar-refractivity contribution < 1.29 is 4.79 Å². The van der Waals surface area contributed by atoms with Gasteiger partial charge >= 0.3 is 0 Å². The molecule has 2 nitrogen and oxygen atoms in total. The van der Waals surface area contributed by atoms with E-state index in [9.17, 15) is 4.79 Å². The standard InChI is InChI=1S/C18H19NO/c1-19-12-11-15-9-5-6-10-16(15)17(18(19)20)13-14-7-3-2-4-8-14/h2-10,17H,11-13H2,1H3/t17-/m0/s1. The zero-order valence-corrected chi connectivity index (χ0v) is 11.8. The van der Waals surface area contributed by atoms with Crippen LogP contribution in [0.4, 0.5) is 0 Å². The van der Waals surface area contributed by atoms with Gasteiger partial charge in [-0.3, -0.25) is 4.79 Å². The molecule has 2 heteroatoms. The van der Waals surface area contributed by atoms with Crippen molar-refractivity contribution in [1.82, 2.24) is 4.90 Å². The normalized spacial score (nSPS) is 18.6. The average Bonchev–Trinajstić information content (AvgIpc) is 2.61. The first-order chi connectivity index (χ1) is 9.75. The maximum atomic E-state index is 12.6. The molecule has 3 rings (SSSR count). The molecule has 0 spiro atoms. The van der Waals surface area contributed by atoms with Gasteiger partial charge in [-0.05, 0) is 29.5 Å². The summed E-state index contributed by atoms with van der Waals surface area (Å²) in [6.45, 7) is 0.807. The number of fused-ring (bicyclic) bond motifs is 1. The maximum absolute atomic E-state index is 12.6. The zero-order chi connectivity index (χ0) is 13.9. The van der Waals surface area contributed by atoms with Crippen molar-refractivity contribution in [3.8, 4) is 0 Å². The van der Waals surface area contributed by atoms with E-state index in [-0.39, 0.29) is 11.8 Å². The van der Waals surface area contributed by atoms with Crippen molar-refractivity contribution in [2.24, 2.45) is 0 Å². The minimum atomic E-state index is -0.0545. The Labute approximate surface area is 120 Å². The fourth-order valence-electron chi connectivity index (χ4n) is 2.95. The van der Waals surface area contributed by atoms with Crippen molar-refractivity contribution in [1.29, 1.82) is 0 Å². The summed E-state index contributed by atoms with van der Waals surface area (Å²) in [5.41, 5.74) is 3.73. The van der Waals surface area contributed by atoms with E-state index in [1.165, 1.54) is 16.7 Å². The van der Waals surface area contributed by atoms with Crippen LogP contribution in [-0.2, 0) is 17.6 Å². The second-order valence-corrected chi connectivity index (χ2v) is 5.45. The number of rotatable bonds is 2. The fourth-order valence-corrected chi connectivity index (χ4v) is 2.95. The van der Waals surface area contributed by atoms with Gasteiger partial charge in [-0.25, -0.2) is 0 Å². The van der Waals surface area contributed by atoms with E-state index in [0.29, 0.717) is 0 Å². The highest BCUT2D eigenvalue weighted by Crippen LogP contribution is 2.29. The van der Waals surface area contributed by atoms with Gasteiger partial charge in [0.1, 0.15) is 0 Å². The Kier molecular flexibility index (Phi) is 3.55. The summed E-state index contributed by atoms with van der Waals surface area (Å²) in [5, 5.41) is 0. The number of benzene rings is 2. The van der Waals surface area contributed by atoms with Crippen LogP contribution in [0.1, 0.15) is 22.6 Å². The number of nitrogens with zero attached hydrogens (tertiary/aromatic N) is 1. The third-order valence-corrected chi connectivity index (χ3v) is 4.10. The van der Waals surface area contributed by atoms with Gasteiger partial charge in [0.25, 0.3) is 0 Å². The van der Waals surface area contributed by atoms with E-state index >= 15 is 0 Å². The number of carbonyl (C=O) groups is 1. The second kappa shape index (κ2) is 5.49. The second-order valence-electron chi connectivity index (χ2n) is 5.45. The van der Waals surface area contributed by atoms with Gasteiger partial charge in [-0.2, -0.15) is 0 Å². The van der Waals surface area contributed by atoms with Crippen molar-refractivity contribution >= 4 is 5.91 Å². The lowest BCUT2D eigenvalue weighted by atomic mass is 9.88. The monoisotopic (exact) mass is 265 g/mol. The average molecular weight is 265 g/mol. The number of carbonyl (C=O) groups excluding carboxylic acids is 1. The van der Waals surface area contributed by atoms with Gasteiger partial charge in [-0.1, -0.05) is 54.6 Å². The van der Waals surface area contributed by atoms with Crippen LogP contribution in [0.25, 0.3) is 0 Å². The Morgan fingerprint density at radius 2 is 1.75 bits per heavy atom. The SMILES string of the molecule is CN1CCc2ccccc2[C@H](Cc2ccccc2)C1=O. The third-order valence-electron chi connectivity index (χ3n) is 4.10. The van der Waals surface area contributed by atoms with Crippen molar-refractivity contribution in [2.75, 3.05) is 13.6 Å². The molecule has 0 bridgehead atoms. The van der Waals surface area contributed by atoms with E-state index in [2.05, 4.69) is 30.3 Å². The molecule has 0 fully saturated rings. The van der Waals surface area contributed by atoms with Crippen molar-refractivity contribution in [2.45, 2.75) is 18.8 Å². The first kappa shape index (κ1) is 12.9. The summed E-state index contributed by atoms with van der Waals surface area (Å²) in [6.07, 6.45) is 1.73. The number of hydrogen-bond donors (Lipinski definition) is 0. The molecule has 0 saturated carbocycles. The first-order valence-electron chi connectivity index (χ1n) is 7.12. The van der Waals surface area contributed by atoms with Crippen LogP contribution in [0.3, 0.4) is 0 Å². The molecular formula is C18H19NO. The Hall–Kier alpha value is -2.09. The summed E-state index contributed by atoms with van der Waals surface area (Å²) in [7, 11) is 1.91. The van der Waals surface area contributed by atoms with Crippen LogP contribution < -0.4 is 0 Å². The molecule has 0 saturated heterocycles. The van der Waals surface area contributed by atoms with Crippen LogP contribution in [0.2, 0.25) is 0 Å². The summed E-state index contributed by atoms with van der Waals surface area (Å²) in [6, 6.07) is 18.6. The van der Waals surface area contributed by atoms with E-state index in [0.717, 1.165) is 19.4 Å². The molecule has 1 aliphatic heterocycles. The van der Waals surface area contributed by atoms with Gasteiger partial charge in [0, 0.05) is 13.6 Å². The van der Waals surface area contributed by atoms with E-state index < -0.39 is 0 Å². The molecule has 0 aromatic heterocycles. The molecule has 1 heterocycles. The summed E-state index contributed by atoms with van der Waals surface area (Å²) in [4.78, 5) is 14.5. The predicted molar refractivity (Wildman–Crippen MR) is 80.7 cm³/mol. The highest BCUT2D eigenvalue weighted by atomic mass is 16.2. The Morgan fingerprint density at radius 3 is 2.55 bits per heavy atom. The number of hydrogen-bond acceptors (Lipinski definition) is 1.